The lowest BCUT2D eigenvalue weighted by molar-refractivity contribution is 0.485. The van der Waals surface area contributed by atoms with Gasteiger partial charge in [0.1, 0.15) is 0 Å². The molecule has 0 saturated carbocycles. The summed E-state index contributed by atoms with van der Waals surface area (Å²) in [6.45, 7) is 2.30. The molecule has 0 atom stereocenters. The third-order valence-corrected chi connectivity index (χ3v) is 4.66. The molecule has 0 aliphatic heterocycles. The highest BCUT2D eigenvalue weighted by Gasteiger charge is 2.16. The molecule has 1 aromatic rings. The minimum absolute atomic E-state index is 0.0416. The Kier molecular flexibility index (Phi) is 4.77. The molecule has 0 bridgehead atoms. The fourth-order valence-corrected chi connectivity index (χ4v) is 2.65. The lowest BCUT2D eigenvalue weighted by Gasteiger charge is -2.14. The Balaban J connectivity index is 2.80. The van der Waals surface area contributed by atoms with E-state index in [0.29, 0.717) is 12.4 Å². The lowest BCUT2D eigenvalue weighted by atomic mass is 10.2. The molecule has 0 spiro atoms. The van der Waals surface area contributed by atoms with Crippen molar-refractivity contribution >= 4 is 21.6 Å². The largest absolute Gasteiger partial charge is 0.218 e. The van der Waals surface area contributed by atoms with Gasteiger partial charge >= 0.3 is 0 Å². The van der Waals surface area contributed by atoms with E-state index in [0.717, 1.165) is 11.1 Å². The van der Waals surface area contributed by atoms with Crippen LogP contribution in [0.3, 0.4) is 0 Å². The summed E-state index contributed by atoms with van der Waals surface area (Å²) in [6, 6.07) is 7.31. The summed E-state index contributed by atoms with van der Waals surface area (Å²) < 4.78 is 24.9. The van der Waals surface area contributed by atoms with Crippen LogP contribution in [0.2, 0.25) is 0 Å². The first-order chi connectivity index (χ1) is 7.49. The van der Waals surface area contributed by atoms with Gasteiger partial charge in [0.15, 0.2) is 0 Å². The van der Waals surface area contributed by atoms with E-state index in [4.69, 9.17) is 11.6 Å². The molecule has 0 aliphatic rings. The molecule has 3 nitrogen and oxygen atoms in total. The van der Waals surface area contributed by atoms with E-state index in [1.165, 1.54) is 4.31 Å². The van der Waals surface area contributed by atoms with Gasteiger partial charge in [0.25, 0.3) is 0 Å². The Morgan fingerprint density at radius 2 is 1.69 bits per heavy atom. The van der Waals surface area contributed by atoms with Crippen LogP contribution in [0.25, 0.3) is 0 Å². The first-order valence-corrected chi connectivity index (χ1v) is 7.21. The van der Waals surface area contributed by atoms with Gasteiger partial charge in [0.05, 0.1) is 5.75 Å². The molecular formula is C11H16ClNO2S. The Hall–Kier alpha value is -0.580. The molecule has 0 radical (unpaired) electrons. The molecule has 0 unspecified atom stereocenters. The zero-order valence-corrected chi connectivity index (χ0v) is 11.1. The van der Waals surface area contributed by atoms with Crippen LogP contribution in [0.15, 0.2) is 24.3 Å². The molecule has 0 saturated heterocycles. The summed E-state index contributed by atoms with van der Waals surface area (Å²) in [4.78, 5) is 0. The zero-order valence-electron chi connectivity index (χ0n) is 9.48. The second-order valence-electron chi connectivity index (χ2n) is 3.62. The van der Waals surface area contributed by atoms with Crippen molar-refractivity contribution in [3.05, 3.63) is 35.4 Å². The first-order valence-electron chi connectivity index (χ1n) is 5.07. The zero-order chi connectivity index (χ0) is 12.2. The van der Waals surface area contributed by atoms with Crippen LogP contribution in [-0.4, -0.2) is 26.3 Å². The van der Waals surface area contributed by atoms with Gasteiger partial charge in [-0.05, 0) is 11.1 Å². The predicted octanol–water partition coefficient (Wildman–Crippen LogP) is 2.21. The Bertz CT molecular complexity index is 428. The Labute approximate surface area is 102 Å². The van der Waals surface area contributed by atoms with Crippen molar-refractivity contribution in [2.24, 2.45) is 0 Å². The van der Waals surface area contributed by atoms with Gasteiger partial charge in [-0.2, -0.15) is 0 Å². The SMILES string of the molecule is CCN(C)S(=O)(=O)Cc1ccc(CCl)cc1. The van der Waals surface area contributed by atoms with Crippen LogP contribution in [0.5, 0.6) is 0 Å². The quantitative estimate of drug-likeness (QED) is 0.762. The maximum absolute atomic E-state index is 11.8. The summed E-state index contributed by atoms with van der Waals surface area (Å²) >= 11 is 5.66. The van der Waals surface area contributed by atoms with E-state index in [9.17, 15) is 8.42 Å². The number of hydrogen-bond donors (Lipinski definition) is 0. The van der Waals surface area contributed by atoms with Crippen molar-refractivity contribution in [3.8, 4) is 0 Å². The van der Waals surface area contributed by atoms with Crippen molar-refractivity contribution in [2.45, 2.75) is 18.6 Å². The number of nitrogens with zero attached hydrogens (tertiary/aromatic N) is 1. The highest BCUT2D eigenvalue weighted by atomic mass is 35.5. The molecule has 0 heterocycles. The topological polar surface area (TPSA) is 37.4 Å². The molecule has 5 heteroatoms. The highest BCUT2D eigenvalue weighted by molar-refractivity contribution is 7.88. The second-order valence-corrected chi connectivity index (χ2v) is 5.96. The molecule has 90 valence electrons. The number of hydrogen-bond acceptors (Lipinski definition) is 2. The third-order valence-electron chi connectivity index (χ3n) is 2.45. The summed E-state index contributed by atoms with van der Waals surface area (Å²) in [5.41, 5.74) is 1.78. The van der Waals surface area contributed by atoms with Gasteiger partial charge in [-0.3, -0.25) is 0 Å². The smallest absolute Gasteiger partial charge is 0.212 e. The van der Waals surface area contributed by atoms with Crippen LogP contribution in [0, 0.1) is 0 Å². The number of alkyl halides is 1. The molecule has 1 rings (SSSR count). The maximum atomic E-state index is 11.8. The van der Waals surface area contributed by atoms with Gasteiger partial charge in [-0.15, -0.1) is 11.6 Å². The van der Waals surface area contributed by atoms with Gasteiger partial charge < -0.3 is 0 Å². The lowest BCUT2D eigenvalue weighted by Crippen LogP contribution is -2.27. The van der Waals surface area contributed by atoms with Gasteiger partial charge in [-0.1, -0.05) is 31.2 Å². The number of benzene rings is 1. The fourth-order valence-electron chi connectivity index (χ4n) is 1.24. The minimum Gasteiger partial charge on any atom is -0.212 e. The van der Waals surface area contributed by atoms with E-state index >= 15 is 0 Å². The Morgan fingerprint density at radius 3 is 2.12 bits per heavy atom. The maximum Gasteiger partial charge on any atom is 0.218 e. The fraction of sp³-hybridized carbons (Fsp3) is 0.455. The van der Waals surface area contributed by atoms with Crippen LogP contribution < -0.4 is 0 Å². The standard InChI is InChI=1S/C11H16ClNO2S/c1-3-13(2)16(14,15)9-11-6-4-10(8-12)5-7-11/h4-7H,3,8-9H2,1-2H3. The van der Waals surface area contributed by atoms with Crippen LogP contribution in [0.1, 0.15) is 18.1 Å². The van der Waals surface area contributed by atoms with Crippen molar-refractivity contribution < 1.29 is 8.42 Å². The van der Waals surface area contributed by atoms with Crippen LogP contribution in [-0.2, 0) is 21.7 Å². The summed E-state index contributed by atoms with van der Waals surface area (Å²) in [6.07, 6.45) is 0. The van der Waals surface area contributed by atoms with E-state index in [2.05, 4.69) is 0 Å². The van der Waals surface area contributed by atoms with Crippen molar-refractivity contribution in [2.75, 3.05) is 13.6 Å². The van der Waals surface area contributed by atoms with E-state index in [1.807, 2.05) is 19.1 Å². The minimum atomic E-state index is -3.18. The second kappa shape index (κ2) is 5.66. The first kappa shape index (κ1) is 13.5. The number of rotatable bonds is 5. The van der Waals surface area contributed by atoms with E-state index < -0.39 is 10.0 Å². The van der Waals surface area contributed by atoms with Crippen molar-refractivity contribution in [1.82, 2.24) is 4.31 Å². The van der Waals surface area contributed by atoms with Crippen LogP contribution >= 0.6 is 11.6 Å². The normalized spacial score (nSPS) is 12.0. The highest BCUT2D eigenvalue weighted by Crippen LogP contribution is 2.11. The molecule has 16 heavy (non-hydrogen) atoms. The van der Waals surface area contributed by atoms with E-state index in [1.54, 1.807) is 19.2 Å². The number of halogens is 1. The average Bonchev–Trinajstić information content (AvgIpc) is 2.28. The molecule has 0 N–H and O–H groups in total. The summed E-state index contributed by atoms with van der Waals surface area (Å²) in [7, 11) is -1.60. The molecule has 0 aliphatic carbocycles. The monoisotopic (exact) mass is 261 g/mol. The summed E-state index contributed by atoms with van der Waals surface area (Å²) in [5, 5.41) is 0. The van der Waals surface area contributed by atoms with Crippen LogP contribution in [0.4, 0.5) is 0 Å². The number of sulfonamides is 1. The molecule has 0 amide bonds. The third kappa shape index (κ3) is 3.47. The predicted molar refractivity (Wildman–Crippen MR) is 66.9 cm³/mol. The Morgan fingerprint density at radius 1 is 1.19 bits per heavy atom. The molecular weight excluding hydrogens is 246 g/mol. The van der Waals surface area contributed by atoms with Crippen molar-refractivity contribution in [1.29, 1.82) is 0 Å². The molecule has 1 aromatic carbocycles. The summed E-state index contributed by atoms with van der Waals surface area (Å²) in [5.74, 6) is 0.488. The van der Waals surface area contributed by atoms with Gasteiger partial charge in [0.2, 0.25) is 10.0 Å². The van der Waals surface area contributed by atoms with E-state index in [-0.39, 0.29) is 5.75 Å². The molecule has 0 aromatic heterocycles. The van der Waals surface area contributed by atoms with Crippen molar-refractivity contribution in [3.63, 3.8) is 0 Å². The van der Waals surface area contributed by atoms with Gasteiger partial charge in [-0.25, -0.2) is 12.7 Å². The average molecular weight is 262 g/mol. The van der Waals surface area contributed by atoms with Gasteiger partial charge in [0, 0.05) is 19.5 Å². The molecule has 0 fully saturated rings.